The Kier molecular flexibility index (Phi) is 6.34. The van der Waals surface area contributed by atoms with Crippen LogP contribution in [0.4, 0.5) is 0 Å². The van der Waals surface area contributed by atoms with Gasteiger partial charge in [0.2, 0.25) is 15.9 Å². The highest BCUT2D eigenvalue weighted by Crippen LogP contribution is 2.11. The third-order valence-corrected chi connectivity index (χ3v) is 4.98. The van der Waals surface area contributed by atoms with Gasteiger partial charge in [-0.1, -0.05) is 23.9 Å². The van der Waals surface area contributed by atoms with Crippen molar-refractivity contribution in [2.75, 3.05) is 12.3 Å². The van der Waals surface area contributed by atoms with Crippen molar-refractivity contribution in [3.63, 3.8) is 0 Å². The molecule has 1 aromatic carbocycles. The van der Waals surface area contributed by atoms with Gasteiger partial charge in [-0.3, -0.25) is 9.59 Å². The number of nitrogens with one attached hydrogen (secondary N) is 2. The largest absolute Gasteiger partial charge is 0.355 e. The summed E-state index contributed by atoms with van der Waals surface area (Å²) in [4.78, 5) is 29.9. The van der Waals surface area contributed by atoms with Gasteiger partial charge in [0, 0.05) is 18.3 Å². The van der Waals surface area contributed by atoms with E-state index in [2.05, 4.69) is 15.3 Å². The number of aryl methyl sites for hydroxylation is 1. The van der Waals surface area contributed by atoms with Crippen LogP contribution in [0.15, 0.2) is 45.2 Å². The van der Waals surface area contributed by atoms with Crippen molar-refractivity contribution in [2.45, 2.75) is 23.4 Å². The summed E-state index contributed by atoms with van der Waals surface area (Å²) in [5.41, 5.74) is 1.22. The first-order valence-electron chi connectivity index (χ1n) is 7.33. The molecule has 0 unspecified atom stereocenters. The molecule has 134 valence electrons. The second-order valence-corrected chi connectivity index (χ2v) is 7.79. The molecular formula is C15H18N4O4S2. The number of rotatable bonds is 7. The Morgan fingerprint density at radius 1 is 1.32 bits per heavy atom. The predicted octanol–water partition coefficient (Wildman–Crippen LogP) is 0.177. The zero-order valence-corrected chi connectivity index (χ0v) is 15.1. The zero-order chi connectivity index (χ0) is 18.4. The van der Waals surface area contributed by atoms with Crippen molar-refractivity contribution >= 4 is 27.7 Å². The number of thioether (sulfide) groups is 1. The number of amides is 1. The zero-order valence-electron chi connectivity index (χ0n) is 13.5. The van der Waals surface area contributed by atoms with Crippen molar-refractivity contribution in [1.82, 2.24) is 15.3 Å². The van der Waals surface area contributed by atoms with E-state index >= 15 is 0 Å². The normalized spacial score (nSPS) is 11.3. The molecular weight excluding hydrogens is 364 g/mol. The van der Waals surface area contributed by atoms with Crippen molar-refractivity contribution in [1.29, 1.82) is 0 Å². The molecule has 0 fully saturated rings. The fraction of sp³-hybridized carbons (Fsp3) is 0.267. The fourth-order valence-corrected chi connectivity index (χ4v) is 3.26. The Balaban J connectivity index is 1.77. The van der Waals surface area contributed by atoms with E-state index in [1.54, 1.807) is 19.1 Å². The maximum atomic E-state index is 11.8. The minimum absolute atomic E-state index is 0.0522. The number of aromatic nitrogens is 2. The van der Waals surface area contributed by atoms with Crippen LogP contribution in [0.5, 0.6) is 0 Å². The van der Waals surface area contributed by atoms with Crippen LogP contribution < -0.4 is 16.0 Å². The number of primary sulfonamides is 1. The van der Waals surface area contributed by atoms with Crippen LogP contribution >= 0.6 is 11.8 Å². The van der Waals surface area contributed by atoms with Gasteiger partial charge in [-0.2, -0.15) is 0 Å². The van der Waals surface area contributed by atoms with Crippen LogP contribution in [0.1, 0.15) is 11.3 Å². The number of nitrogens with zero attached hydrogens (tertiary/aromatic N) is 1. The van der Waals surface area contributed by atoms with Crippen molar-refractivity contribution < 1.29 is 13.2 Å². The predicted molar refractivity (Wildman–Crippen MR) is 94.8 cm³/mol. The summed E-state index contributed by atoms with van der Waals surface area (Å²) < 4.78 is 22.3. The summed E-state index contributed by atoms with van der Waals surface area (Å²) in [5.74, 6) is -0.0492. The van der Waals surface area contributed by atoms with Gasteiger partial charge in [-0.05, 0) is 31.0 Å². The number of carbonyl (C=O) groups excluding carboxylic acids is 1. The molecule has 0 radical (unpaired) electrons. The summed E-state index contributed by atoms with van der Waals surface area (Å²) in [6, 6.07) is 7.56. The average molecular weight is 382 g/mol. The average Bonchev–Trinajstić information content (AvgIpc) is 2.52. The Hall–Kier alpha value is -2.17. The molecule has 0 aliphatic carbocycles. The van der Waals surface area contributed by atoms with Crippen LogP contribution in [0.2, 0.25) is 0 Å². The summed E-state index contributed by atoms with van der Waals surface area (Å²) in [6.07, 6.45) is 0.556. The second-order valence-electron chi connectivity index (χ2n) is 5.27. The minimum atomic E-state index is -3.70. The monoisotopic (exact) mass is 382 g/mol. The number of nitrogens with two attached hydrogens (primary N) is 1. The highest BCUT2D eigenvalue weighted by molar-refractivity contribution is 7.99. The van der Waals surface area contributed by atoms with Crippen molar-refractivity contribution in [2.24, 2.45) is 5.14 Å². The smallest absolute Gasteiger partial charge is 0.251 e. The van der Waals surface area contributed by atoms with Crippen molar-refractivity contribution in [3.8, 4) is 0 Å². The first-order chi connectivity index (χ1) is 11.7. The molecule has 0 aliphatic heterocycles. The lowest BCUT2D eigenvalue weighted by molar-refractivity contribution is -0.118. The van der Waals surface area contributed by atoms with Gasteiger partial charge in [-0.15, -0.1) is 0 Å². The van der Waals surface area contributed by atoms with Gasteiger partial charge in [0.05, 0.1) is 10.6 Å². The Bertz CT molecular complexity index is 908. The number of H-pyrrole nitrogens is 1. The van der Waals surface area contributed by atoms with E-state index in [1.165, 1.54) is 18.2 Å². The molecule has 10 heteroatoms. The molecule has 1 amide bonds. The van der Waals surface area contributed by atoms with Gasteiger partial charge in [0.1, 0.15) is 0 Å². The summed E-state index contributed by atoms with van der Waals surface area (Å²) in [7, 11) is -3.70. The lowest BCUT2D eigenvalue weighted by atomic mass is 10.1. The van der Waals surface area contributed by atoms with E-state index in [-0.39, 0.29) is 22.1 Å². The molecule has 1 heterocycles. The minimum Gasteiger partial charge on any atom is -0.355 e. The first-order valence-corrected chi connectivity index (χ1v) is 9.86. The molecule has 0 atom stereocenters. The first kappa shape index (κ1) is 19.2. The van der Waals surface area contributed by atoms with E-state index in [4.69, 9.17) is 5.14 Å². The molecule has 4 N–H and O–H groups in total. The quantitative estimate of drug-likeness (QED) is 0.462. The molecule has 0 aliphatic rings. The van der Waals surface area contributed by atoms with E-state index in [0.717, 1.165) is 17.3 Å². The number of benzene rings is 1. The highest BCUT2D eigenvalue weighted by Gasteiger charge is 2.08. The van der Waals surface area contributed by atoms with E-state index in [0.29, 0.717) is 23.8 Å². The fourth-order valence-electron chi connectivity index (χ4n) is 2.00. The van der Waals surface area contributed by atoms with Gasteiger partial charge >= 0.3 is 0 Å². The van der Waals surface area contributed by atoms with E-state index in [9.17, 15) is 18.0 Å². The molecule has 0 spiro atoms. The Morgan fingerprint density at radius 3 is 2.60 bits per heavy atom. The van der Waals surface area contributed by atoms with Gasteiger partial charge in [0.15, 0.2) is 5.16 Å². The topological polar surface area (TPSA) is 135 Å². The highest BCUT2D eigenvalue weighted by atomic mass is 32.2. The maximum absolute atomic E-state index is 11.8. The number of carbonyl (C=O) groups is 1. The van der Waals surface area contributed by atoms with Gasteiger partial charge in [0.25, 0.3) is 5.56 Å². The molecule has 1 aromatic heterocycles. The maximum Gasteiger partial charge on any atom is 0.251 e. The summed E-state index contributed by atoms with van der Waals surface area (Å²) >= 11 is 1.15. The number of hydrogen-bond donors (Lipinski definition) is 3. The standard InChI is InChI=1S/C15H18N4O4S2/c1-10-8-13(20)19-15(18-10)24-9-14(21)17-7-6-11-2-4-12(5-3-11)25(16,22)23/h2-5,8H,6-7,9H2,1H3,(H,17,21)(H2,16,22,23)(H,18,19,20). The molecule has 0 saturated carbocycles. The molecule has 8 nitrogen and oxygen atoms in total. The van der Waals surface area contributed by atoms with Crippen LogP contribution in [0.25, 0.3) is 0 Å². The third kappa shape index (κ3) is 6.33. The van der Waals surface area contributed by atoms with Crippen LogP contribution in [0.3, 0.4) is 0 Å². The Morgan fingerprint density at radius 2 is 2.00 bits per heavy atom. The number of hydrogen-bond acceptors (Lipinski definition) is 6. The molecule has 2 rings (SSSR count). The Labute approximate surface area is 149 Å². The second kappa shape index (κ2) is 8.28. The van der Waals surface area contributed by atoms with Crippen LogP contribution in [0, 0.1) is 6.92 Å². The molecule has 2 aromatic rings. The van der Waals surface area contributed by atoms with Crippen LogP contribution in [-0.2, 0) is 21.2 Å². The lowest BCUT2D eigenvalue weighted by Crippen LogP contribution is -2.27. The van der Waals surface area contributed by atoms with Crippen LogP contribution in [-0.4, -0.2) is 36.6 Å². The van der Waals surface area contributed by atoms with E-state index in [1.807, 2.05) is 0 Å². The molecule has 25 heavy (non-hydrogen) atoms. The number of sulfonamides is 1. The summed E-state index contributed by atoms with van der Waals surface area (Å²) in [6.45, 7) is 2.12. The third-order valence-electron chi connectivity index (χ3n) is 3.18. The summed E-state index contributed by atoms with van der Waals surface area (Å²) in [5, 5.41) is 8.19. The van der Waals surface area contributed by atoms with Gasteiger partial charge in [-0.25, -0.2) is 18.5 Å². The lowest BCUT2D eigenvalue weighted by Gasteiger charge is -2.06. The molecule has 0 bridgehead atoms. The SMILES string of the molecule is Cc1cc(=O)[nH]c(SCC(=O)NCCc2ccc(S(N)(=O)=O)cc2)n1. The van der Waals surface area contributed by atoms with Gasteiger partial charge < -0.3 is 10.3 Å². The van der Waals surface area contributed by atoms with Crippen molar-refractivity contribution in [3.05, 3.63) is 51.9 Å². The number of aromatic amines is 1. The van der Waals surface area contributed by atoms with E-state index < -0.39 is 10.0 Å². The molecule has 0 saturated heterocycles.